The van der Waals surface area contributed by atoms with Gasteiger partial charge in [-0.05, 0) is 49.9 Å². The lowest BCUT2D eigenvalue weighted by molar-refractivity contribution is -0.130. The van der Waals surface area contributed by atoms with Crippen LogP contribution in [-0.2, 0) is 9.59 Å². The summed E-state index contributed by atoms with van der Waals surface area (Å²) in [7, 11) is 0. The highest BCUT2D eigenvalue weighted by molar-refractivity contribution is 8.01. The number of nitrogens with zero attached hydrogens (tertiary/aromatic N) is 1. The topological polar surface area (TPSA) is 71.1 Å². The molecular formula is C24H27N3O2S2. The predicted octanol–water partition coefficient (Wildman–Crippen LogP) is 5.46. The lowest BCUT2D eigenvalue weighted by Gasteiger charge is -2.37. The van der Waals surface area contributed by atoms with Crippen LogP contribution < -0.4 is 10.6 Å². The number of aromatic nitrogens is 1. The van der Waals surface area contributed by atoms with Crippen molar-refractivity contribution in [2.75, 3.05) is 11.1 Å². The van der Waals surface area contributed by atoms with Gasteiger partial charge in [0.1, 0.15) is 5.54 Å². The number of hydrogen-bond acceptors (Lipinski definition) is 5. The van der Waals surface area contributed by atoms with Crippen LogP contribution in [0.4, 0.5) is 5.69 Å². The van der Waals surface area contributed by atoms with Crippen LogP contribution >= 0.6 is 23.1 Å². The second-order valence-electron chi connectivity index (χ2n) is 8.15. The summed E-state index contributed by atoms with van der Waals surface area (Å²) >= 11 is 3.01. The fourth-order valence-corrected chi connectivity index (χ4v) is 6.02. The number of benzene rings is 2. The maximum Gasteiger partial charge on any atom is 0.250 e. The van der Waals surface area contributed by atoms with Crippen LogP contribution in [0.2, 0.25) is 0 Å². The molecule has 31 heavy (non-hydrogen) atoms. The Morgan fingerprint density at radius 2 is 1.74 bits per heavy atom. The van der Waals surface area contributed by atoms with Crippen LogP contribution in [0, 0.1) is 13.8 Å². The third-order valence-corrected chi connectivity index (χ3v) is 8.02. The molecule has 0 unspecified atom stereocenters. The van der Waals surface area contributed by atoms with E-state index in [-0.39, 0.29) is 17.6 Å². The molecular weight excluding hydrogens is 426 g/mol. The van der Waals surface area contributed by atoms with E-state index in [0.29, 0.717) is 12.8 Å². The number of nitrogens with one attached hydrogen (secondary N) is 2. The summed E-state index contributed by atoms with van der Waals surface area (Å²) in [5.41, 5.74) is 3.00. The van der Waals surface area contributed by atoms with Crippen LogP contribution in [0.1, 0.15) is 43.2 Å². The zero-order valence-corrected chi connectivity index (χ0v) is 19.5. The van der Waals surface area contributed by atoms with Gasteiger partial charge in [0.25, 0.3) is 0 Å². The highest BCUT2D eigenvalue weighted by atomic mass is 32.2. The van der Waals surface area contributed by atoms with Gasteiger partial charge in [0.15, 0.2) is 4.34 Å². The summed E-state index contributed by atoms with van der Waals surface area (Å²) in [4.78, 5) is 30.8. The van der Waals surface area contributed by atoms with Crippen molar-refractivity contribution in [2.24, 2.45) is 0 Å². The molecule has 4 rings (SSSR count). The largest absolute Gasteiger partial charge is 0.341 e. The zero-order valence-electron chi connectivity index (χ0n) is 17.9. The first kappa shape index (κ1) is 21.8. The van der Waals surface area contributed by atoms with E-state index in [1.54, 1.807) is 11.3 Å². The molecule has 5 nitrogen and oxygen atoms in total. The Morgan fingerprint density at radius 1 is 1.03 bits per heavy atom. The Bertz CT molecular complexity index is 1050. The monoisotopic (exact) mass is 453 g/mol. The number of aryl methyl sites for hydroxylation is 2. The van der Waals surface area contributed by atoms with Gasteiger partial charge in [-0.2, -0.15) is 0 Å². The molecule has 2 amide bonds. The number of anilines is 1. The van der Waals surface area contributed by atoms with Gasteiger partial charge in [-0.25, -0.2) is 4.98 Å². The molecule has 0 radical (unpaired) electrons. The molecule has 162 valence electrons. The first-order valence-electron chi connectivity index (χ1n) is 10.6. The number of rotatable bonds is 6. The van der Waals surface area contributed by atoms with E-state index >= 15 is 0 Å². The fraction of sp³-hybridized carbons (Fsp3) is 0.375. The van der Waals surface area contributed by atoms with Crippen molar-refractivity contribution in [3.05, 3.63) is 53.6 Å². The maximum absolute atomic E-state index is 13.4. The molecule has 0 atom stereocenters. The molecule has 2 N–H and O–H groups in total. The van der Waals surface area contributed by atoms with Gasteiger partial charge in [-0.3, -0.25) is 9.59 Å². The number of carbonyl (C=O) groups excluding carboxylic acids is 2. The summed E-state index contributed by atoms with van der Waals surface area (Å²) < 4.78 is 1.98. The predicted molar refractivity (Wildman–Crippen MR) is 129 cm³/mol. The van der Waals surface area contributed by atoms with Crippen LogP contribution in [0.5, 0.6) is 0 Å². The molecule has 0 aliphatic heterocycles. The van der Waals surface area contributed by atoms with Crippen molar-refractivity contribution in [3.63, 3.8) is 0 Å². The number of hydrogen-bond donors (Lipinski definition) is 2. The summed E-state index contributed by atoms with van der Waals surface area (Å²) in [6.45, 7) is 3.98. The Hall–Kier alpha value is -2.38. The van der Waals surface area contributed by atoms with Gasteiger partial charge in [0, 0.05) is 5.69 Å². The lowest BCUT2D eigenvalue weighted by Crippen LogP contribution is -2.58. The van der Waals surface area contributed by atoms with E-state index < -0.39 is 5.54 Å². The Balaban J connectivity index is 1.45. The molecule has 1 fully saturated rings. The minimum absolute atomic E-state index is 0.108. The van der Waals surface area contributed by atoms with Gasteiger partial charge < -0.3 is 10.6 Å². The summed E-state index contributed by atoms with van der Waals surface area (Å²) in [6.07, 6.45) is 4.30. The summed E-state index contributed by atoms with van der Waals surface area (Å²) in [6, 6.07) is 13.9. The minimum Gasteiger partial charge on any atom is -0.341 e. The van der Waals surface area contributed by atoms with Gasteiger partial charge in [-0.1, -0.05) is 61.4 Å². The van der Waals surface area contributed by atoms with Crippen molar-refractivity contribution >= 4 is 50.8 Å². The van der Waals surface area contributed by atoms with Crippen molar-refractivity contribution < 1.29 is 9.59 Å². The highest BCUT2D eigenvalue weighted by Crippen LogP contribution is 2.32. The Kier molecular flexibility index (Phi) is 6.62. The molecule has 1 aromatic heterocycles. The molecule has 1 aliphatic carbocycles. The van der Waals surface area contributed by atoms with E-state index in [4.69, 9.17) is 0 Å². The highest BCUT2D eigenvalue weighted by Gasteiger charge is 2.41. The van der Waals surface area contributed by atoms with Crippen molar-refractivity contribution in [2.45, 2.75) is 55.8 Å². The normalized spacial score (nSPS) is 15.5. The zero-order chi connectivity index (χ0) is 21.8. The van der Waals surface area contributed by atoms with Crippen LogP contribution in [0.25, 0.3) is 10.2 Å². The SMILES string of the molecule is Cc1cccc(C)c1NC(=O)C1(NC(=O)CSc2nc3ccccc3s2)CCCCC1. The van der Waals surface area contributed by atoms with Gasteiger partial charge in [-0.15, -0.1) is 11.3 Å². The molecule has 7 heteroatoms. The van der Waals surface area contributed by atoms with E-state index in [1.165, 1.54) is 11.8 Å². The first-order chi connectivity index (χ1) is 15.0. The number of amides is 2. The molecule has 1 heterocycles. The van der Waals surface area contributed by atoms with Gasteiger partial charge in [0.2, 0.25) is 11.8 Å². The molecule has 0 saturated heterocycles. The standard InChI is InChI=1S/C24H27N3O2S2/c1-16-9-8-10-17(2)21(16)26-22(29)24(13-6-3-7-14-24)27-20(28)15-30-23-25-18-11-4-5-12-19(18)31-23/h4-5,8-12H,3,6-7,13-15H2,1-2H3,(H,26,29)(H,27,28). The Labute approximate surface area is 191 Å². The van der Waals surface area contributed by atoms with Crippen molar-refractivity contribution in [3.8, 4) is 0 Å². The quantitative estimate of drug-likeness (QED) is 0.486. The van der Waals surface area contributed by atoms with Gasteiger partial charge >= 0.3 is 0 Å². The summed E-state index contributed by atoms with van der Waals surface area (Å²) in [5.74, 6) is 0.0175. The number of fused-ring (bicyclic) bond motifs is 1. The number of thiazole rings is 1. The number of carbonyl (C=O) groups is 2. The van der Waals surface area contributed by atoms with Gasteiger partial charge in [0.05, 0.1) is 16.0 Å². The summed E-state index contributed by atoms with van der Waals surface area (Å²) in [5, 5.41) is 6.22. The molecule has 2 aromatic carbocycles. The second-order valence-corrected chi connectivity index (χ2v) is 10.4. The van der Waals surface area contributed by atoms with E-state index in [2.05, 4.69) is 15.6 Å². The van der Waals surface area contributed by atoms with Crippen LogP contribution in [0.3, 0.4) is 0 Å². The Morgan fingerprint density at radius 3 is 2.45 bits per heavy atom. The van der Waals surface area contributed by atoms with Crippen molar-refractivity contribution in [1.29, 1.82) is 0 Å². The molecule has 1 aliphatic rings. The van der Waals surface area contributed by atoms with Crippen molar-refractivity contribution in [1.82, 2.24) is 10.3 Å². The van der Waals surface area contributed by atoms with E-state index in [0.717, 1.165) is 50.6 Å². The molecule has 0 spiro atoms. The third kappa shape index (κ3) is 4.93. The van der Waals surface area contributed by atoms with E-state index in [9.17, 15) is 9.59 Å². The number of thioether (sulfide) groups is 1. The smallest absolute Gasteiger partial charge is 0.250 e. The molecule has 1 saturated carbocycles. The number of para-hydroxylation sites is 2. The maximum atomic E-state index is 13.4. The van der Waals surface area contributed by atoms with E-state index in [1.807, 2.05) is 56.3 Å². The molecule has 3 aromatic rings. The average molecular weight is 454 g/mol. The molecule has 0 bridgehead atoms. The second kappa shape index (κ2) is 9.40. The lowest BCUT2D eigenvalue weighted by atomic mass is 9.80. The first-order valence-corrected chi connectivity index (χ1v) is 12.4. The fourth-order valence-electron chi connectivity index (χ4n) is 4.15. The van der Waals surface area contributed by atoms with Crippen LogP contribution in [-0.4, -0.2) is 28.1 Å². The third-order valence-electron chi connectivity index (χ3n) is 5.84. The minimum atomic E-state index is -0.849. The average Bonchev–Trinajstić information content (AvgIpc) is 3.18. The van der Waals surface area contributed by atoms with Crippen LogP contribution in [0.15, 0.2) is 46.8 Å².